The quantitative estimate of drug-likeness (QED) is 0.877. The summed E-state index contributed by atoms with van der Waals surface area (Å²) in [4.78, 5) is 11.2. The third-order valence-corrected chi connectivity index (χ3v) is 3.19. The molecule has 0 aliphatic heterocycles. The van der Waals surface area contributed by atoms with Crippen LogP contribution in [0.25, 0.3) is 0 Å². The van der Waals surface area contributed by atoms with Gasteiger partial charge in [-0.1, -0.05) is 6.07 Å². The molecule has 0 saturated heterocycles. The van der Waals surface area contributed by atoms with Crippen molar-refractivity contribution in [3.8, 4) is 0 Å². The zero-order chi connectivity index (χ0) is 12.3. The molecule has 17 heavy (non-hydrogen) atoms. The maximum absolute atomic E-state index is 12.9. The minimum atomic E-state index is -0.934. The van der Waals surface area contributed by atoms with Crippen molar-refractivity contribution in [3.05, 3.63) is 52.0 Å². The average molecular weight is 251 g/mol. The molecule has 0 radical (unpaired) electrons. The second-order valence-electron chi connectivity index (χ2n) is 3.44. The first-order valence-electron chi connectivity index (χ1n) is 4.96. The highest BCUT2D eigenvalue weighted by molar-refractivity contribution is 7.12. The van der Waals surface area contributed by atoms with Crippen LogP contribution < -0.4 is 5.32 Å². The van der Waals surface area contributed by atoms with E-state index in [9.17, 15) is 9.18 Å². The van der Waals surface area contributed by atoms with Gasteiger partial charge in [-0.3, -0.25) is 0 Å². The SMILES string of the molecule is O=C(O)c1sccc1CNc1cccc(F)c1. The summed E-state index contributed by atoms with van der Waals surface area (Å²) in [5, 5.41) is 13.6. The van der Waals surface area contributed by atoms with Crippen molar-refractivity contribution in [1.82, 2.24) is 0 Å². The fraction of sp³-hybridized carbons (Fsp3) is 0.0833. The van der Waals surface area contributed by atoms with Crippen molar-refractivity contribution in [3.63, 3.8) is 0 Å². The van der Waals surface area contributed by atoms with E-state index in [1.54, 1.807) is 23.6 Å². The van der Waals surface area contributed by atoms with Crippen LogP contribution >= 0.6 is 11.3 Å². The molecule has 1 aromatic carbocycles. The number of aromatic carboxylic acids is 1. The summed E-state index contributed by atoms with van der Waals surface area (Å²) >= 11 is 1.18. The number of benzene rings is 1. The molecule has 0 aliphatic rings. The summed E-state index contributed by atoms with van der Waals surface area (Å²) in [5.74, 6) is -1.25. The van der Waals surface area contributed by atoms with Crippen LogP contribution in [-0.4, -0.2) is 11.1 Å². The van der Waals surface area contributed by atoms with Gasteiger partial charge in [0.15, 0.2) is 0 Å². The number of carbonyl (C=O) groups is 1. The van der Waals surface area contributed by atoms with Crippen LogP contribution in [0.5, 0.6) is 0 Å². The van der Waals surface area contributed by atoms with Crippen molar-refractivity contribution in [2.24, 2.45) is 0 Å². The van der Waals surface area contributed by atoms with Gasteiger partial charge >= 0.3 is 5.97 Å². The van der Waals surface area contributed by atoms with E-state index in [2.05, 4.69) is 5.32 Å². The lowest BCUT2D eigenvalue weighted by Crippen LogP contribution is -2.04. The smallest absolute Gasteiger partial charge is 0.346 e. The van der Waals surface area contributed by atoms with Crippen molar-refractivity contribution < 1.29 is 14.3 Å². The Labute approximate surface area is 102 Å². The predicted octanol–water partition coefficient (Wildman–Crippen LogP) is 3.20. The molecule has 2 rings (SSSR count). The molecule has 1 aromatic heterocycles. The highest BCUT2D eigenvalue weighted by Crippen LogP contribution is 2.18. The zero-order valence-corrected chi connectivity index (χ0v) is 9.63. The lowest BCUT2D eigenvalue weighted by atomic mass is 10.2. The minimum Gasteiger partial charge on any atom is -0.477 e. The van der Waals surface area contributed by atoms with E-state index < -0.39 is 5.97 Å². The highest BCUT2D eigenvalue weighted by atomic mass is 32.1. The summed E-state index contributed by atoms with van der Waals surface area (Å²) in [6, 6.07) is 7.81. The Bertz CT molecular complexity index is 539. The Balaban J connectivity index is 2.07. The molecule has 5 heteroatoms. The molecule has 0 saturated carbocycles. The van der Waals surface area contributed by atoms with Gasteiger partial charge in [0.2, 0.25) is 0 Å². The predicted molar refractivity (Wildman–Crippen MR) is 65.0 cm³/mol. The number of halogens is 1. The van der Waals surface area contributed by atoms with E-state index in [4.69, 9.17) is 5.11 Å². The van der Waals surface area contributed by atoms with Gasteiger partial charge in [-0.15, -0.1) is 11.3 Å². The van der Waals surface area contributed by atoms with Gasteiger partial charge < -0.3 is 10.4 Å². The first kappa shape index (κ1) is 11.6. The van der Waals surface area contributed by atoms with Crippen molar-refractivity contribution >= 4 is 23.0 Å². The highest BCUT2D eigenvalue weighted by Gasteiger charge is 2.10. The Morgan fingerprint density at radius 2 is 2.24 bits per heavy atom. The van der Waals surface area contributed by atoms with Gasteiger partial charge in [0.05, 0.1) is 0 Å². The second-order valence-corrected chi connectivity index (χ2v) is 4.36. The van der Waals surface area contributed by atoms with E-state index in [1.165, 1.54) is 23.5 Å². The monoisotopic (exact) mass is 251 g/mol. The lowest BCUT2D eigenvalue weighted by Gasteiger charge is -2.05. The van der Waals surface area contributed by atoms with E-state index in [1.807, 2.05) is 0 Å². The largest absolute Gasteiger partial charge is 0.477 e. The minimum absolute atomic E-state index is 0.314. The molecule has 1 heterocycles. The van der Waals surface area contributed by atoms with Crippen LogP contribution in [0.1, 0.15) is 15.2 Å². The van der Waals surface area contributed by atoms with Crippen molar-refractivity contribution in [2.45, 2.75) is 6.54 Å². The van der Waals surface area contributed by atoms with Crippen LogP contribution in [-0.2, 0) is 6.54 Å². The molecule has 0 spiro atoms. The van der Waals surface area contributed by atoms with E-state index in [0.29, 0.717) is 22.7 Å². The van der Waals surface area contributed by atoms with Crippen LogP contribution in [0.2, 0.25) is 0 Å². The molecule has 0 fully saturated rings. The first-order chi connectivity index (χ1) is 8.16. The van der Waals surface area contributed by atoms with E-state index in [0.717, 1.165) is 0 Å². The van der Waals surface area contributed by atoms with Crippen molar-refractivity contribution in [2.75, 3.05) is 5.32 Å². The Morgan fingerprint density at radius 3 is 2.94 bits per heavy atom. The number of anilines is 1. The third-order valence-electron chi connectivity index (χ3n) is 2.25. The van der Waals surface area contributed by atoms with Gasteiger partial charge in [-0.25, -0.2) is 9.18 Å². The molecule has 88 valence electrons. The van der Waals surface area contributed by atoms with Crippen LogP contribution in [0.15, 0.2) is 35.7 Å². The standard InChI is InChI=1S/C12H10FNO2S/c13-9-2-1-3-10(6-9)14-7-8-4-5-17-11(8)12(15)16/h1-6,14H,7H2,(H,15,16). The number of hydrogen-bond donors (Lipinski definition) is 2. The Hall–Kier alpha value is -1.88. The molecule has 3 nitrogen and oxygen atoms in total. The molecule has 0 amide bonds. The number of rotatable bonds is 4. The molecular weight excluding hydrogens is 241 g/mol. The normalized spacial score (nSPS) is 10.2. The third kappa shape index (κ3) is 2.82. The fourth-order valence-electron chi connectivity index (χ4n) is 1.46. The van der Waals surface area contributed by atoms with E-state index in [-0.39, 0.29) is 5.82 Å². The molecule has 0 aliphatic carbocycles. The maximum Gasteiger partial charge on any atom is 0.346 e. The van der Waals surface area contributed by atoms with Gasteiger partial charge in [0.25, 0.3) is 0 Å². The molecular formula is C12H10FNO2S. The van der Waals surface area contributed by atoms with Gasteiger partial charge in [0, 0.05) is 12.2 Å². The summed E-state index contributed by atoms with van der Waals surface area (Å²) in [7, 11) is 0. The summed E-state index contributed by atoms with van der Waals surface area (Å²) in [5.41, 5.74) is 1.33. The number of carboxylic acids is 1. The van der Waals surface area contributed by atoms with E-state index >= 15 is 0 Å². The lowest BCUT2D eigenvalue weighted by molar-refractivity contribution is 0.0701. The van der Waals surface area contributed by atoms with Crippen LogP contribution in [0.3, 0.4) is 0 Å². The summed E-state index contributed by atoms with van der Waals surface area (Å²) in [6.07, 6.45) is 0. The number of carboxylic acid groups (broad SMARTS) is 1. The summed E-state index contributed by atoms with van der Waals surface area (Å²) in [6.45, 7) is 0.370. The van der Waals surface area contributed by atoms with Crippen molar-refractivity contribution in [1.29, 1.82) is 0 Å². The zero-order valence-electron chi connectivity index (χ0n) is 8.81. The number of nitrogens with one attached hydrogen (secondary N) is 1. The molecule has 2 N–H and O–H groups in total. The van der Waals surface area contributed by atoms with Crippen LogP contribution in [0, 0.1) is 5.82 Å². The molecule has 2 aromatic rings. The Morgan fingerprint density at radius 1 is 1.41 bits per heavy atom. The molecule has 0 unspecified atom stereocenters. The Kier molecular flexibility index (Phi) is 3.39. The first-order valence-corrected chi connectivity index (χ1v) is 5.84. The van der Waals surface area contributed by atoms with Gasteiger partial charge in [-0.2, -0.15) is 0 Å². The maximum atomic E-state index is 12.9. The average Bonchev–Trinajstić information content (AvgIpc) is 2.74. The molecule has 0 bridgehead atoms. The summed E-state index contributed by atoms with van der Waals surface area (Å²) < 4.78 is 12.9. The number of hydrogen-bond acceptors (Lipinski definition) is 3. The van der Waals surface area contributed by atoms with Gasteiger partial charge in [-0.05, 0) is 35.2 Å². The second kappa shape index (κ2) is 4.97. The number of thiophene rings is 1. The fourth-order valence-corrected chi connectivity index (χ4v) is 2.22. The van der Waals surface area contributed by atoms with Crippen LogP contribution in [0.4, 0.5) is 10.1 Å². The van der Waals surface area contributed by atoms with Gasteiger partial charge in [0.1, 0.15) is 10.7 Å². The molecule has 0 atom stereocenters. The topological polar surface area (TPSA) is 49.3 Å².